The Morgan fingerprint density at radius 1 is 1.15 bits per heavy atom. The molecular weight excluding hydrogens is 353 g/mol. The zero-order valence-electron chi connectivity index (χ0n) is 13.3. The average molecular weight is 366 g/mol. The number of alkyl halides is 3. The summed E-state index contributed by atoms with van der Waals surface area (Å²) < 4.78 is 52.2. The third-order valence-corrected chi connectivity index (χ3v) is 3.27. The number of hydrogen-bond donors (Lipinski definition) is 0. The van der Waals surface area contributed by atoms with Gasteiger partial charge < -0.3 is 13.9 Å². The lowest BCUT2D eigenvalue weighted by Gasteiger charge is -2.09. The molecule has 1 aromatic carbocycles. The number of nitrogens with zero attached hydrogens (tertiary/aromatic N) is 2. The summed E-state index contributed by atoms with van der Waals surface area (Å²) in [6, 6.07) is 9.93. The van der Waals surface area contributed by atoms with Gasteiger partial charge in [0.25, 0.3) is 0 Å². The van der Waals surface area contributed by atoms with Gasteiger partial charge in [-0.15, -0.1) is 13.2 Å². The van der Waals surface area contributed by atoms with Crippen molar-refractivity contribution >= 4 is 5.97 Å². The van der Waals surface area contributed by atoms with Crippen LogP contribution in [0.1, 0.15) is 21.9 Å². The lowest BCUT2D eigenvalue weighted by atomic mass is 10.2. The summed E-state index contributed by atoms with van der Waals surface area (Å²) in [5, 5.41) is 4.03. The highest BCUT2D eigenvalue weighted by atomic mass is 19.4. The molecule has 0 fully saturated rings. The van der Waals surface area contributed by atoms with Crippen LogP contribution in [0.4, 0.5) is 13.2 Å². The van der Waals surface area contributed by atoms with Gasteiger partial charge in [-0.1, -0.05) is 12.1 Å². The van der Waals surface area contributed by atoms with Crippen molar-refractivity contribution in [3.8, 4) is 5.75 Å². The van der Waals surface area contributed by atoms with E-state index in [0.29, 0.717) is 17.9 Å². The van der Waals surface area contributed by atoms with Gasteiger partial charge >= 0.3 is 12.3 Å². The Hall–Kier alpha value is -3.23. The first kappa shape index (κ1) is 17.6. The van der Waals surface area contributed by atoms with Gasteiger partial charge in [-0.3, -0.25) is 4.68 Å². The molecule has 0 aliphatic heterocycles. The van der Waals surface area contributed by atoms with Crippen molar-refractivity contribution in [1.82, 2.24) is 9.78 Å². The Bertz CT molecular complexity index is 855. The van der Waals surface area contributed by atoms with Crippen molar-refractivity contribution in [1.29, 1.82) is 0 Å². The number of benzene rings is 1. The molecule has 0 saturated heterocycles. The minimum Gasteiger partial charge on any atom is -0.455 e. The number of aromatic nitrogens is 2. The van der Waals surface area contributed by atoms with E-state index in [-0.39, 0.29) is 18.1 Å². The first-order chi connectivity index (χ1) is 12.4. The minimum absolute atomic E-state index is 0.0316. The molecule has 9 heteroatoms. The highest BCUT2D eigenvalue weighted by molar-refractivity contribution is 5.86. The van der Waals surface area contributed by atoms with E-state index < -0.39 is 12.3 Å². The number of esters is 1. The number of hydrogen-bond acceptors (Lipinski definition) is 5. The molecule has 0 aliphatic rings. The summed E-state index contributed by atoms with van der Waals surface area (Å²) in [4.78, 5) is 12.0. The molecule has 2 heterocycles. The molecule has 0 atom stereocenters. The number of halogens is 3. The van der Waals surface area contributed by atoms with Crippen molar-refractivity contribution in [2.75, 3.05) is 0 Å². The molecule has 0 spiro atoms. The Morgan fingerprint density at radius 3 is 2.58 bits per heavy atom. The maximum Gasteiger partial charge on any atom is 0.573 e. The fourth-order valence-corrected chi connectivity index (χ4v) is 2.13. The van der Waals surface area contributed by atoms with Crippen molar-refractivity contribution in [2.24, 2.45) is 0 Å². The summed E-state index contributed by atoms with van der Waals surface area (Å²) >= 11 is 0. The summed E-state index contributed by atoms with van der Waals surface area (Å²) in [5.41, 5.74) is 0.510. The van der Waals surface area contributed by atoms with E-state index in [9.17, 15) is 18.0 Å². The first-order valence-electron chi connectivity index (χ1n) is 7.47. The summed E-state index contributed by atoms with van der Waals surface area (Å²) in [6.45, 7) is 0.265. The maximum atomic E-state index is 12.1. The van der Waals surface area contributed by atoms with Crippen molar-refractivity contribution < 1.29 is 31.9 Å². The summed E-state index contributed by atoms with van der Waals surface area (Å²) in [6.07, 6.45) is -1.36. The third-order valence-electron chi connectivity index (χ3n) is 3.27. The van der Waals surface area contributed by atoms with Crippen LogP contribution in [-0.2, 0) is 17.9 Å². The van der Waals surface area contributed by atoms with Gasteiger partial charge in [0.05, 0.1) is 6.54 Å². The molecule has 2 aromatic heterocycles. The lowest BCUT2D eigenvalue weighted by molar-refractivity contribution is -0.274. The molecule has 0 saturated carbocycles. The zero-order chi connectivity index (χ0) is 18.6. The van der Waals surface area contributed by atoms with Crippen LogP contribution >= 0.6 is 0 Å². The van der Waals surface area contributed by atoms with Gasteiger partial charge in [0.2, 0.25) is 5.76 Å². The number of carbonyl (C=O) groups is 1. The van der Waals surface area contributed by atoms with Crippen LogP contribution in [0.15, 0.2) is 59.3 Å². The van der Waals surface area contributed by atoms with Gasteiger partial charge in [-0.2, -0.15) is 5.10 Å². The summed E-state index contributed by atoms with van der Waals surface area (Å²) in [7, 11) is 0. The predicted molar refractivity (Wildman–Crippen MR) is 82.3 cm³/mol. The Morgan fingerprint density at radius 2 is 1.92 bits per heavy atom. The fraction of sp³-hybridized carbons (Fsp3) is 0.176. The quantitative estimate of drug-likeness (QED) is 0.621. The van der Waals surface area contributed by atoms with Gasteiger partial charge in [-0.25, -0.2) is 4.79 Å². The topological polar surface area (TPSA) is 66.5 Å². The molecule has 6 nitrogen and oxygen atoms in total. The van der Waals surface area contributed by atoms with Crippen LogP contribution in [0.3, 0.4) is 0 Å². The SMILES string of the molecule is O=C(OCc1ccc(OC(F)(F)F)cc1)c1ccc(Cn2cccn2)o1. The second kappa shape index (κ2) is 7.34. The van der Waals surface area contributed by atoms with Crippen LogP contribution in [0, 0.1) is 0 Å². The molecular formula is C17H13F3N2O4. The Labute approximate surface area is 145 Å². The molecule has 136 valence electrons. The van der Waals surface area contributed by atoms with E-state index in [1.54, 1.807) is 29.2 Å². The third kappa shape index (κ3) is 4.88. The number of furan rings is 1. The van der Waals surface area contributed by atoms with E-state index in [2.05, 4.69) is 9.84 Å². The number of carbonyl (C=O) groups excluding carboxylic acids is 1. The van der Waals surface area contributed by atoms with Crippen LogP contribution in [0.5, 0.6) is 5.75 Å². The van der Waals surface area contributed by atoms with Gasteiger partial charge in [0.15, 0.2) is 0 Å². The van der Waals surface area contributed by atoms with E-state index in [1.165, 1.54) is 18.2 Å². The summed E-state index contributed by atoms with van der Waals surface area (Å²) in [5.74, 6) is -0.451. The van der Waals surface area contributed by atoms with E-state index in [1.807, 2.05) is 0 Å². The largest absolute Gasteiger partial charge is 0.573 e. The smallest absolute Gasteiger partial charge is 0.455 e. The molecule has 0 unspecified atom stereocenters. The monoisotopic (exact) mass is 366 g/mol. The maximum absolute atomic E-state index is 12.1. The van der Waals surface area contributed by atoms with Crippen LogP contribution in [0.2, 0.25) is 0 Å². The number of rotatable bonds is 6. The highest BCUT2D eigenvalue weighted by Gasteiger charge is 2.30. The lowest BCUT2D eigenvalue weighted by Crippen LogP contribution is -2.17. The van der Waals surface area contributed by atoms with E-state index >= 15 is 0 Å². The zero-order valence-corrected chi connectivity index (χ0v) is 13.3. The van der Waals surface area contributed by atoms with Gasteiger partial charge in [0.1, 0.15) is 18.1 Å². The molecule has 26 heavy (non-hydrogen) atoms. The van der Waals surface area contributed by atoms with E-state index in [4.69, 9.17) is 9.15 Å². The molecule has 0 aliphatic carbocycles. The molecule has 3 rings (SSSR count). The average Bonchev–Trinajstić information content (AvgIpc) is 3.25. The molecule has 3 aromatic rings. The highest BCUT2D eigenvalue weighted by Crippen LogP contribution is 2.23. The van der Waals surface area contributed by atoms with Gasteiger partial charge in [0, 0.05) is 12.4 Å². The van der Waals surface area contributed by atoms with Crippen LogP contribution in [0.25, 0.3) is 0 Å². The normalized spacial score (nSPS) is 11.3. The van der Waals surface area contributed by atoms with Gasteiger partial charge in [-0.05, 0) is 35.9 Å². The predicted octanol–water partition coefficient (Wildman–Crippen LogP) is 3.78. The van der Waals surface area contributed by atoms with Crippen LogP contribution < -0.4 is 4.74 Å². The van der Waals surface area contributed by atoms with Crippen molar-refractivity contribution in [3.63, 3.8) is 0 Å². The first-order valence-corrected chi connectivity index (χ1v) is 7.47. The second-order valence-corrected chi connectivity index (χ2v) is 5.24. The fourth-order valence-electron chi connectivity index (χ4n) is 2.13. The number of ether oxygens (including phenoxy) is 2. The van der Waals surface area contributed by atoms with E-state index in [0.717, 1.165) is 12.1 Å². The second-order valence-electron chi connectivity index (χ2n) is 5.24. The molecule has 0 bridgehead atoms. The Kier molecular flexibility index (Phi) is 4.97. The Balaban J connectivity index is 1.53. The standard InChI is InChI=1S/C17H13F3N2O4/c18-17(19,20)26-13-4-2-12(3-5-13)11-24-16(23)15-7-6-14(25-15)10-22-9-1-8-21-22/h1-9H,10-11H2. The molecule has 0 radical (unpaired) electrons. The minimum atomic E-state index is -4.75. The van der Waals surface area contributed by atoms with Crippen molar-refractivity contribution in [3.05, 3.63) is 71.9 Å². The molecule has 0 N–H and O–H groups in total. The van der Waals surface area contributed by atoms with Crippen LogP contribution in [-0.4, -0.2) is 22.1 Å². The van der Waals surface area contributed by atoms with Crippen molar-refractivity contribution in [2.45, 2.75) is 19.5 Å². The molecule has 0 amide bonds.